The average Bonchev–Trinajstić information content (AvgIpc) is 3.00. The third kappa shape index (κ3) is 4.28. The normalized spacial score (nSPS) is 12.2. The summed E-state index contributed by atoms with van der Waals surface area (Å²) < 4.78 is 50.9. The van der Waals surface area contributed by atoms with Gasteiger partial charge in [-0.15, -0.1) is 0 Å². The molecule has 0 atom stereocenters. The first-order chi connectivity index (χ1) is 11.8. The summed E-state index contributed by atoms with van der Waals surface area (Å²) in [6.45, 7) is 3.65. The van der Waals surface area contributed by atoms with E-state index in [0.717, 1.165) is 5.56 Å². The zero-order valence-corrected chi connectivity index (χ0v) is 16.5. The van der Waals surface area contributed by atoms with Crippen molar-refractivity contribution in [3.63, 3.8) is 0 Å². The third-order valence-electron chi connectivity index (χ3n) is 3.33. The van der Waals surface area contributed by atoms with Gasteiger partial charge in [0.05, 0.1) is 0 Å². The Morgan fingerprint density at radius 3 is 2.12 bits per heavy atom. The molecule has 25 heavy (non-hydrogen) atoms. The standard InChI is InChI=1S/C18H16FIO4S/c1-13-3-10-17(11-4-13)25(21,22)24-20(18-12-5-14(2)23-18)16-8-6-15(19)7-9-16/h3-12H,1-2H3. The third-order valence-corrected chi connectivity index (χ3v) is 10.4. The van der Waals surface area contributed by atoms with Gasteiger partial charge in [-0.3, -0.25) is 0 Å². The summed E-state index contributed by atoms with van der Waals surface area (Å²) in [5, 5.41) is 0. The molecule has 0 aliphatic heterocycles. The molecule has 0 N–H and O–H groups in total. The van der Waals surface area contributed by atoms with Crippen LogP contribution in [0.15, 0.2) is 70.0 Å². The molecule has 0 amide bonds. The van der Waals surface area contributed by atoms with Gasteiger partial charge in [-0.1, -0.05) is 0 Å². The first-order valence-electron chi connectivity index (χ1n) is 7.39. The van der Waals surface area contributed by atoms with Crippen LogP contribution in [0.25, 0.3) is 0 Å². The van der Waals surface area contributed by atoms with Crippen LogP contribution >= 0.6 is 20.2 Å². The number of rotatable bonds is 5. The average molecular weight is 474 g/mol. The van der Waals surface area contributed by atoms with Crippen LogP contribution in [0.5, 0.6) is 0 Å². The molecule has 7 heteroatoms. The molecule has 0 fully saturated rings. The molecule has 132 valence electrons. The number of hydrogen-bond acceptors (Lipinski definition) is 4. The monoisotopic (exact) mass is 474 g/mol. The summed E-state index contributed by atoms with van der Waals surface area (Å²) in [5.74, 6) is 0.271. The Hall–Kier alpha value is -1.71. The van der Waals surface area contributed by atoms with Crippen molar-refractivity contribution in [2.75, 3.05) is 0 Å². The molecule has 0 bridgehead atoms. The second-order valence-electron chi connectivity index (χ2n) is 5.37. The van der Waals surface area contributed by atoms with Gasteiger partial charge in [0, 0.05) is 0 Å². The van der Waals surface area contributed by atoms with E-state index in [-0.39, 0.29) is 4.90 Å². The number of hydrogen-bond donors (Lipinski definition) is 0. The summed E-state index contributed by atoms with van der Waals surface area (Å²) in [6.07, 6.45) is 0. The minimum absolute atomic E-state index is 0.0887. The van der Waals surface area contributed by atoms with Crippen molar-refractivity contribution in [3.05, 3.63) is 85.1 Å². The maximum atomic E-state index is 13.2. The topological polar surface area (TPSA) is 56.5 Å². The summed E-state index contributed by atoms with van der Waals surface area (Å²) in [4.78, 5) is 0.0887. The van der Waals surface area contributed by atoms with Crippen molar-refractivity contribution < 1.29 is 19.7 Å². The molecule has 3 aromatic rings. The molecule has 0 saturated carbocycles. The van der Waals surface area contributed by atoms with Crippen molar-refractivity contribution in [2.24, 2.45) is 0 Å². The van der Waals surface area contributed by atoms with Crippen LogP contribution in [-0.2, 0) is 12.6 Å². The molecule has 0 aliphatic carbocycles. The van der Waals surface area contributed by atoms with Gasteiger partial charge in [0.2, 0.25) is 0 Å². The van der Waals surface area contributed by atoms with Crippen LogP contribution in [0.3, 0.4) is 0 Å². The number of benzene rings is 2. The van der Waals surface area contributed by atoms with Gasteiger partial charge < -0.3 is 0 Å². The quantitative estimate of drug-likeness (QED) is 0.494. The molecule has 2 aromatic carbocycles. The van der Waals surface area contributed by atoms with Crippen LogP contribution in [0.1, 0.15) is 11.3 Å². The van der Waals surface area contributed by atoms with Crippen molar-refractivity contribution in [1.82, 2.24) is 0 Å². The summed E-state index contributed by atoms with van der Waals surface area (Å²) in [5.41, 5.74) is 0.953. The fourth-order valence-electron chi connectivity index (χ4n) is 2.04. The van der Waals surface area contributed by atoms with Crippen molar-refractivity contribution in [1.29, 1.82) is 0 Å². The minimum atomic E-state index is -3.96. The Kier molecular flexibility index (Phi) is 5.26. The first kappa shape index (κ1) is 18.1. The van der Waals surface area contributed by atoms with Gasteiger partial charge in [0.15, 0.2) is 0 Å². The number of aryl methyl sites for hydroxylation is 2. The Labute approximate surface area is 153 Å². The maximum absolute atomic E-state index is 13.2. The van der Waals surface area contributed by atoms with Crippen molar-refractivity contribution in [2.45, 2.75) is 18.7 Å². The number of furan rings is 1. The van der Waals surface area contributed by atoms with E-state index in [0.29, 0.717) is 13.1 Å². The molecule has 0 spiro atoms. The SMILES string of the molecule is Cc1ccc(S(=O)(=O)OI(c2ccc(F)cc2)c2ccc(C)o2)cc1. The molecule has 1 heterocycles. The van der Waals surface area contributed by atoms with E-state index in [9.17, 15) is 12.8 Å². The van der Waals surface area contributed by atoms with E-state index in [1.807, 2.05) is 6.92 Å². The van der Waals surface area contributed by atoms with E-state index in [1.54, 1.807) is 43.3 Å². The van der Waals surface area contributed by atoms with Crippen LogP contribution in [0.4, 0.5) is 4.39 Å². The Bertz CT molecular complexity index is 963. The molecule has 1 aromatic heterocycles. The summed E-state index contributed by atoms with van der Waals surface area (Å²) >= 11 is -2.89. The number of halogens is 2. The summed E-state index contributed by atoms with van der Waals surface area (Å²) in [7, 11) is -3.96. The van der Waals surface area contributed by atoms with Gasteiger partial charge in [-0.25, -0.2) is 0 Å². The second-order valence-corrected chi connectivity index (χ2v) is 11.7. The van der Waals surface area contributed by atoms with E-state index >= 15 is 0 Å². The van der Waals surface area contributed by atoms with Gasteiger partial charge in [0.25, 0.3) is 0 Å². The van der Waals surface area contributed by atoms with Gasteiger partial charge >= 0.3 is 154 Å². The molecule has 0 saturated heterocycles. The van der Waals surface area contributed by atoms with Crippen LogP contribution < -0.4 is 0 Å². The predicted octanol–water partition coefficient (Wildman–Crippen LogP) is 4.90. The van der Waals surface area contributed by atoms with Crippen LogP contribution in [-0.4, -0.2) is 8.42 Å². The summed E-state index contributed by atoms with van der Waals surface area (Å²) in [6, 6.07) is 15.6. The van der Waals surface area contributed by atoms with Crippen LogP contribution in [0, 0.1) is 27.0 Å². The fourth-order valence-corrected chi connectivity index (χ4v) is 8.76. The van der Waals surface area contributed by atoms with Gasteiger partial charge in [-0.2, -0.15) is 0 Å². The van der Waals surface area contributed by atoms with E-state index in [1.165, 1.54) is 24.3 Å². The molecule has 0 unspecified atom stereocenters. The molecular formula is C18H16FIO4S. The molecule has 0 aliphatic rings. The second kappa shape index (κ2) is 7.27. The molecule has 4 nitrogen and oxygen atoms in total. The van der Waals surface area contributed by atoms with Crippen molar-refractivity contribution in [3.8, 4) is 0 Å². The predicted molar refractivity (Wildman–Crippen MR) is 101 cm³/mol. The van der Waals surface area contributed by atoms with E-state index in [2.05, 4.69) is 0 Å². The Balaban J connectivity index is 2.00. The van der Waals surface area contributed by atoms with Gasteiger partial charge in [-0.05, 0) is 0 Å². The Morgan fingerprint density at radius 2 is 1.56 bits per heavy atom. The van der Waals surface area contributed by atoms with E-state index in [4.69, 9.17) is 6.93 Å². The van der Waals surface area contributed by atoms with E-state index < -0.39 is 36.2 Å². The zero-order valence-electron chi connectivity index (χ0n) is 13.6. The van der Waals surface area contributed by atoms with Crippen LogP contribution in [0.2, 0.25) is 0 Å². The fraction of sp³-hybridized carbons (Fsp3) is 0.111. The molecule has 0 radical (unpaired) electrons. The molecular weight excluding hydrogens is 458 g/mol. The Morgan fingerprint density at radius 1 is 0.920 bits per heavy atom. The van der Waals surface area contributed by atoms with Gasteiger partial charge in [0.1, 0.15) is 0 Å². The molecule has 3 rings (SSSR count). The van der Waals surface area contributed by atoms with Crippen molar-refractivity contribution >= 4 is 30.4 Å². The zero-order chi connectivity index (χ0) is 18.0. The first-order valence-corrected chi connectivity index (χ1v) is 11.8.